The fourth-order valence-corrected chi connectivity index (χ4v) is 0.871. The second kappa shape index (κ2) is 4.97. The molecule has 0 spiro atoms. The van der Waals surface area contributed by atoms with Crippen molar-refractivity contribution in [3.63, 3.8) is 0 Å². The van der Waals surface area contributed by atoms with E-state index in [1.165, 1.54) is 18.2 Å². The number of esters is 1. The van der Waals surface area contributed by atoms with Gasteiger partial charge in [0.2, 0.25) is 0 Å². The first-order chi connectivity index (χ1) is 6.72. The molecule has 0 bridgehead atoms. The molecule has 0 aliphatic heterocycles. The molecule has 3 nitrogen and oxygen atoms in total. The van der Waals surface area contributed by atoms with E-state index >= 15 is 0 Å². The molecule has 72 valence electrons. The van der Waals surface area contributed by atoms with Crippen LogP contribution in [0.3, 0.4) is 0 Å². The Kier molecular flexibility index (Phi) is 3.62. The molecule has 0 aliphatic rings. The van der Waals surface area contributed by atoms with E-state index in [4.69, 9.17) is 10.00 Å². The number of nitriles is 1. The van der Waals surface area contributed by atoms with Gasteiger partial charge in [-0.1, -0.05) is 6.07 Å². The predicted molar refractivity (Wildman–Crippen MR) is 46.9 cm³/mol. The molecule has 1 aromatic rings. The van der Waals surface area contributed by atoms with Crippen LogP contribution in [0.25, 0.3) is 0 Å². The molecule has 1 rings (SSSR count). The fraction of sp³-hybridized carbons (Fsp3) is 0.200. The number of carbonyl (C=O) groups excluding carboxylic acids is 1. The van der Waals surface area contributed by atoms with Gasteiger partial charge in [0.1, 0.15) is 11.6 Å². The first-order valence-electron chi connectivity index (χ1n) is 4.05. The summed E-state index contributed by atoms with van der Waals surface area (Å²) >= 11 is 0. The van der Waals surface area contributed by atoms with Gasteiger partial charge in [0.05, 0.1) is 12.5 Å². The molecule has 1 aromatic carbocycles. The van der Waals surface area contributed by atoms with E-state index in [9.17, 15) is 9.18 Å². The van der Waals surface area contributed by atoms with Crippen LogP contribution >= 0.6 is 0 Å². The molecule has 0 heterocycles. The average molecular weight is 193 g/mol. The molecular weight excluding hydrogens is 185 g/mol. The van der Waals surface area contributed by atoms with Crippen molar-refractivity contribution in [1.29, 1.82) is 5.26 Å². The number of benzene rings is 1. The number of rotatable bonds is 3. The van der Waals surface area contributed by atoms with Crippen LogP contribution in [0.1, 0.15) is 12.8 Å². The van der Waals surface area contributed by atoms with Gasteiger partial charge in [-0.25, -0.2) is 4.39 Å². The second-order valence-corrected chi connectivity index (χ2v) is 2.59. The van der Waals surface area contributed by atoms with Crippen LogP contribution in [-0.2, 0) is 4.79 Å². The van der Waals surface area contributed by atoms with Crippen LogP contribution in [0.4, 0.5) is 4.39 Å². The summed E-state index contributed by atoms with van der Waals surface area (Å²) in [6, 6.07) is 7.12. The first-order valence-corrected chi connectivity index (χ1v) is 4.05. The Hall–Kier alpha value is -1.89. The van der Waals surface area contributed by atoms with Gasteiger partial charge < -0.3 is 4.74 Å². The predicted octanol–water partition coefficient (Wildman–Crippen LogP) is 2.03. The number of halogens is 1. The van der Waals surface area contributed by atoms with Gasteiger partial charge in [0.25, 0.3) is 0 Å². The third kappa shape index (κ3) is 3.23. The largest absolute Gasteiger partial charge is 0.426 e. The van der Waals surface area contributed by atoms with E-state index in [2.05, 4.69) is 0 Å². The SMILES string of the molecule is N#CCCC(=O)Oc1cccc(F)c1. The van der Waals surface area contributed by atoms with Gasteiger partial charge in [-0.2, -0.15) is 5.26 Å². The van der Waals surface area contributed by atoms with Gasteiger partial charge >= 0.3 is 5.97 Å². The molecule has 0 aromatic heterocycles. The summed E-state index contributed by atoms with van der Waals surface area (Å²) in [6.07, 6.45) is 0.126. The topological polar surface area (TPSA) is 50.1 Å². The third-order valence-corrected chi connectivity index (χ3v) is 1.47. The van der Waals surface area contributed by atoms with E-state index in [0.717, 1.165) is 6.07 Å². The highest BCUT2D eigenvalue weighted by Gasteiger charge is 2.04. The molecule has 0 aliphatic carbocycles. The third-order valence-electron chi connectivity index (χ3n) is 1.47. The lowest BCUT2D eigenvalue weighted by Crippen LogP contribution is -2.07. The maximum absolute atomic E-state index is 12.6. The number of ether oxygens (including phenoxy) is 1. The Morgan fingerprint density at radius 1 is 1.57 bits per heavy atom. The zero-order valence-electron chi connectivity index (χ0n) is 7.37. The van der Waals surface area contributed by atoms with Crippen molar-refractivity contribution in [2.75, 3.05) is 0 Å². The zero-order chi connectivity index (χ0) is 10.4. The van der Waals surface area contributed by atoms with Crippen molar-refractivity contribution < 1.29 is 13.9 Å². The van der Waals surface area contributed by atoms with E-state index in [1.54, 1.807) is 0 Å². The molecule has 0 N–H and O–H groups in total. The lowest BCUT2D eigenvalue weighted by atomic mass is 10.3. The van der Waals surface area contributed by atoms with E-state index in [1.807, 2.05) is 6.07 Å². The Labute approximate surface area is 80.7 Å². The smallest absolute Gasteiger partial charge is 0.312 e. The van der Waals surface area contributed by atoms with Crippen LogP contribution < -0.4 is 4.74 Å². The standard InChI is InChI=1S/C10H8FNO2/c11-8-3-1-4-9(7-8)14-10(13)5-2-6-12/h1,3-4,7H,2,5H2. The van der Waals surface area contributed by atoms with Crippen molar-refractivity contribution >= 4 is 5.97 Å². The first kappa shape index (κ1) is 10.2. The molecule has 4 heteroatoms. The summed E-state index contributed by atoms with van der Waals surface area (Å²) in [5.74, 6) is -0.833. The zero-order valence-corrected chi connectivity index (χ0v) is 7.37. The lowest BCUT2D eigenvalue weighted by molar-refractivity contribution is -0.134. The number of hydrogen-bond donors (Lipinski definition) is 0. The molecule has 0 saturated heterocycles. The highest BCUT2D eigenvalue weighted by molar-refractivity contribution is 5.72. The summed E-state index contributed by atoms with van der Waals surface area (Å²) in [4.78, 5) is 11.0. The minimum atomic E-state index is -0.530. The van der Waals surface area contributed by atoms with Crippen molar-refractivity contribution in [2.45, 2.75) is 12.8 Å². The minimum Gasteiger partial charge on any atom is -0.426 e. The van der Waals surface area contributed by atoms with Crippen molar-refractivity contribution in [3.8, 4) is 11.8 Å². The summed E-state index contributed by atoms with van der Waals surface area (Å²) in [5, 5.41) is 8.21. The molecule has 14 heavy (non-hydrogen) atoms. The molecule has 0 amide bonds. The molecule has 0 atom stereocenters. The lowest BCUT2D eigenvalue weighted by Gasteiger charge is -2.01. The van der Waals surface area contributed by atoms with E-state index in [-0.39, 0.29) is 18.6 Å². The van der Waals surface area contributed by atoms with Crippen LogP contribution in [0.15, 0.2) is 24.3 Å². The van der Waals surface area contributed by atoms with Crippen LogP contribution in [0, 0.1) is 17.1 Å². The van der Waals surface area contributed by atoms with Gasteiger partial charge in [-0.05, 0) is 12.1 Å². The van der Waals surface area contributed by atoms with Crippen molar-refractivity contribution in [3.05, 3.63) is 30.1 Å². The summed E-state index contributed by atoms with van der Waals surface area (Å²) < 4.78 is 17.4. The van der Waals surface area contributed by atoms with E-state index < -0.39 is 11.8 Å². The second-order valence-electron chi connectivity index (χ2n) is 2.59. The van der Waals surface area contributed by atoms with Crippen LogP contribution in [-0.4, -0.2) is 5.97 Å². The molecule has 0 saturated carbocycles. The van der Waals surface area contributed by atoms with Crippen LogP contribution in [0.5, 0.6) is 5.75 Å². The summed E-state index contributed by atoms with van der Waals surface area (Å²) in [6.45, 7) is 0. The number of nitrogens with zero attached hydrogens (tertiary/aromatic N) is 1. The Morgan fingerprint density at radius 3 is 3.00 bits per heavy atom. The average Bonchev–Trinajstić information content (AvgIpc) is 2.15. The Balaban J connectivity index is 2.53. The molecule has 0 unspecified atom stereocenters. The molecule has 0 radical (unpaired) electrons. The van der Waals surface area contributed by atoms with E-state index in [0.29, 0.717) is 0 Å². The Bertz CT molecular complexity index is 371. The van der Waals surface area contributed by atoms with Gasteiger partial charge in [0.15, 0.2) is 0 Å². The van der Waals surface area contributed by atoms with Crippen molar-refractivity contribution in [2.24, 2.45) is 0 Å². The maximum Gasteiger partial charge on any atom is 0.312 e. The van der Waals surface area contributed by atoms with Gasteiger partial charge in [-0.15, -0.1) is 0 Å². The monoisotopic (exact) mass is 193 g/mol. The van der Waals surface area contributed by atoms with Gasteiger partial charge in [0, 0.05) is 12.5 Å². The fourth-order valence-electron chi connectivity index (χ4n) is 0.871. The van der Waals surface area contributed by atoms with Crippen molar-refractivity contribution in [1.82, 2.24) is 0 Å². The summed E-state index contributed by atoms with van der Waals surface area (Å²) in [7, 11) is 0. The molecule has 0 fully saturated rings. The Morgan fingerprint density at radius 2 is 2.36 bits per heavy atom. The maximum atomic E-state index is 12.6. The number of carbonyl (C=O) groups is 1. The molecular formula is C10H8FNO2. The minimum absolute atomic E-state index is 0.0208. The summed E-state index contributed by atoms with van der Waals surface area (Å²) in [5.41, 5.74) is 0. The number of hydrogen-bond acceptors (Lipinski definition) is 3. The highest BCUT2D eigenvalue weighted by Crippen LogP contribution is 2.12. The van der Waals surface area contributed by atoms with Crippen LogP contribution in [0.2, 0.25) is 0 Å². The quantitative estimate of drug-likeness (QED) is 0.545. The van der Waals surface area contributed by atoms with Gasteiger partial charge in [-0.3, -0.25) is 4.79 Å². The highest BCUT2D eigenvalue weighted by atomic mass is 19.1. The normalized spacial score (nSPS) is 9.14.